The molecule has 3 saturated heterocycles. The van der Waals surface area contributed by atoms with Gasteiger partial charge in [-0.15, -0.1) is 13.2 Å². The van der Waals surface area contributed by atoms with Crippen molar-refractivity contribution in [2.75, 3.05) is 42.6 Å². The Morgan fingerprint density at radius 3 is 2.17 bits per heavy atom. The van der Waals surface area contributed by atoms with E-state index in [1.54, 1.807) is 51.1 Å². The maximum absolute atomic E-state index is 14.8. The topological polar surface area (TPSA) is 99.6 Å². The van der Waals surface area contributed by atoms with Crippen molar-refractivity contribution in [1.29, 1.82) is 0 Å². The Hall–Kier alpha value is -3.66. The number of hydrogen-bond donors (Lipinski definition) is 1. The third-order valence-corrected chi connectivity index (χ3v) is 9.99. The highest BCUT2D eigenvalue weighted by molar-refractivity contribution is 6.30. The largest absolute Gasteiger partial charge is 0.494 e. The maximum Gasteiger partial charge on any atom is 0.253 e. The van der Waals surface area contributed by atoms with Gasteiger partial charge in [0.25, 0.3) is 5.91 Å². The third-order valence-electron chi connectivity index (χ3n) is 9.74. The number of likely N-dealkylation sites (tertiary alicyclic amines) is 1. The summed E-state index contributed by atoms with van der Waals surface area (Å²) in [5.74, 6) is -1.73. The fourth-order valence-electron chi connectivity index (χ4n) is 7.74. The van der Waals surface area contributed by atoms with Crippen molar-refractivity contribution in [3.8, 4) is 5.75 Å². The number of nitrogens with zero attached hydrogens (tertiary/aromatic N) is 3. The first-order chi connectivity index (χ1) is 22.2. The first-order valence-corrected chi connectivity index (χ1v) is 16.5. The van der Waals surface area contributed by atoms with Gasteiger partial charge in [-0.3, -0.25) is 14.4 Å². The van der Waals surface area contributed by atoms with E-state index in [1.807, 2.05) is 38.1 Å². The lowest BCUT2D eigenvalue weighted by Crippen LogP contribution is -2.56. The van der Waals surface area contributed by atoms with Crippen LogP contribution in [0.3, 0.4) is 0 Å². The van der Waals surface area contributed by atoms with Crippen molar-refractivity contribution in [3.05, 3.63) is 78.9 Å². The van der Waals surface area contributed by atoms with Crippen LogP contribution in [0.25, 0.3) is 0 Å². The van der Waals surface area contributed by atoms with E-state index in [4.69, 9.17) is 21.1 Å². The minimum absolute atomic E-state index is 0.0300. The van der Waals surface area contributed by atoms with E-state index in [0.717, 1.165) is 0 Å². The number of rotatable bonds is 15. The third kappa shape index (κ3) is 5.73. The zero-order valence-corrected chi connectivity index (χ0v) is 27.5. The van der Waals surface area contributed by atoms with Crippen LogP contribution in [0.1, 0.15) is 46.0 Å². The summed E-state index contributed by atoms with van der Waals surface area (Å²) >= 11 is 6.16. The van der Waals surface area contributed by atoms with E-state index in [1.165, 1.54) is 0 Å². The van der Waals surface area contributed by atoms with Gasteiger partial charge in [-0.05, 0) is 87.6 Å². The van der Waals surface area contributed by atoms with E-state index in [-0.39, 0.29) is 44.0 Å². The van der Waals surface area contributed by atoms with Gasteiger partial charge in [-0.1, -0.05) is 30.7 Å². The number of benzene rings is 2. The van der Waals surface area contributed by atoms with Crippen molar-refractivity contribution in [2.24, 2.45) is 11.8 Å². The minimum atomic E-state index is -1.19. The monoisotopic (exact) mass is 649 g/mol. The minimum Gasteiger partial charge on any atom is -0.494 e. The van der Waals surface area contributed by atoms with Crippen molar-refractivity contribution in [1.82, 2.24) is 4.90 Å². The Balaban J connectivity index is 1.58. The van der Waals surface area contributed by atoms with E-state index < -0.39 is 29.1 Å². The van der Waals surface area contributed by atoms with Gasteiger partial charge in [0.2, 0.25) is 11.8 Å². The molecule has 10 heteroatoms. The van der Waals surface area contributed by atoms with Crippen molar-refractivity contribution < 1.29 is 29.0 Å². The number of ether oxygens (including phenoxy) is 2. The number of aliphatic hydroxyl groups is 1. The van der Waals surface area contributed by atoms with Crippen LogP contribution in [0.4, 0.5) is 11.4 Å². The molecule has 2 unspecified atom stereocenters. The Bertz CT molecular complexity index is 1450. The second kappa shape index (κ2) is 14.0. The van der Waals surface area contributed by atoms with Crippen LogP contribution >= 0.6 is 11.6 Å². The fourth-order valence-corrected chi connectivity index (χ4v) is 7.86. The predicted molar refractivity (Wildman–Crippen MR) is 179 cm³/mol. The quantitative estimate of drug-likeness (QED) is 0.205. The molecule has 0 aliphatic carbocycles. The first kappa shape index (κ1) is 33.7. The summed E-state index contributed by atoms with van der Waals surface area (Å²) in [5.41, 5.74) is -0.806. The Morgan fingerprint density at radius 2 is 1.61 bits per heavy atom. The zero-order valence-electron chi connectivity index (χ0n) is 26.7. The van der Waals surface area contributed by atoms with Crippen LogP contribution in [0.2, 0.25) is 5.02 Å². The second-order valence-electron chi connectivity index (χ2n) is 12.2. The summed E-state index contributed by atoms with van der Waals surface area (Å²) in [4.78, 5) is 49.0. The van der Waals surface area contributed by atoms with E-state index in [2.05, 4.69) is 13.2 Å². The highest BCUT2D eigenvalue weighted by Gasteiger charge is 2.79. The number of hydrogen-bond acceptors (Lipinski definition) is 6. The molecule has 0 aromatic heterocycles. The molecule has 3 aliphatic rings. The molecule has 246 valence electrons. The summed E-state index contributed by atoms with van der Waals surface area (Å²) in [6.45, 7) is 12.9. The van der Waals surface area contributed by atoms with Crippen molar-refractivity contribution in [3.63, 3.8) is 0 Å². The second-order valence-corrected chi connectivity index (χ2v) is 12.6. The summed E-state index contributed by atoms with van der Waals surface area (Å²) in [6.07, 6.45) is 5.82. The highest BCUT2D eigenvalue weighted by atomic mass is 35.5. The number of carbonyl (C=O) groups is 3. The van der Waals surface area contributed by atoms with Crippen LogP contribution in [-0.4, -0.2) is 77.8 Å². The summed E-state index contributed by atoms with van der Waals surface area (Å²) in [6, 6.07) is 13.3. The highest BCUT2D eigenvalue weighted by Crippen LogP contribution is 2.65. The number of carbonyl (C=O) groups excluding carboxylic acids is 3. The molecule has 5 atom stereocenters. The van der Waals surface area contributed by atoms with Gasteiger partial charge in [0.15, 0.2) is 0 Å². The van der Waals surface area contributed by atoms with Gasteiger partial charge >= 0.3 is 0 Å². The van der Waals surface area contributed by atoms with Gasteiger partial charge in [0, 0.05) is 42.6 Å². The molecule has 3 aliphatic heterocycles. The Morgan fingerprint density at radius 1 is 1.00 bits per heavy atom. The smallest absolute Gasteiger partial charge is 0.253 e. The molecule has 9 nitrogen and oxygen atoms in total. The molecular formula is C36H44ClN3O6. The van der Waals surface area contributed by atoms with E-state index in [9.17, 15) is 19.5 Å². The van der Waals surface area contributed by atoms with Gasteiger partial charge in [-0.2, -0.15) is 0 Å². The van der Waals surface area contributed by atoms with Crippen LogP contribution in [0.5, 0.6) is 5.75 Å². The SMILES string of the molecule is C=CCN(C(=O)C1N(CCCCO)C(=O)[C@@H]2[C@H](C(=O)N(CC=C)c3ccc(OCC)cc3)[C@]3(CC)CCC12O3)c1ccc(Cl)cc1. The molecular weight excluding hydrogens is 606 g/mol. The molecule has 1 spiro atoms. The lowest BCUT2D eigenvalue weighted by molar-refractivity contribution is -0.146. The Labute approximate surface area is 276 Å². The molecule has 3 amide bonds. The molecule has 0 radical (unpaired) electrons. The van der Waals surface area contributed by atoms with Crippen LogP contribution < -0.4 is 14.5 Å². The standard InChI is InChI=1S/C36H44ClN3O6/c1-5-21-38(27-15-17-28(18-16-27)45-8-4)32(42)29-30-33(43)40(23-9-10-24-41)31(36(30)20-19-35(29,7-3)46-36)34(44)39(22-6-2)26-13-11-25(37)12-14-26/h5-6,11-18,29-31,41H,1-2,7-10,19-24H2,3-4H3/t29-,30+,31?,35+,36?/m1/s1. The molecule has 2 aromatic carbocycles. The predicted octanol–water partition coefficient (Wildman–Crippen LogP) is 5.40. The summed E-state index contributed by atoms with van der Waals surface area (Å²) in [5, 5.41) is 10.1. The average Bonchev–Trinajstić information content (AvgIpc) is 3.67. The number of aliphatic hydroxyl groups excluding tert-OH is 1. The van der Waals surface area contributed by atoms with Gasteiger partial charge in [0.05, 0.1) is 24.0 Å². The number of amides is 3. The molecule has 3 fully saturated rings. The maximum atomic E-state index is 14.8. The van der Waals surface area contributed by atoms with Crippen molar-refractivity contribution in [2.45, 2.75) is 63.2 Å². The molecule has 1 N–H and O–H groups in total. The average molecular weight is 650 g/mol. The number of unbranched alkanes of at least 4 members (excludes halogenated alkanes) is 1. The Kier molecular flexibility index (Phi) is 10.2. The number of fused-ring (bicyclic) bond motifs is 1. The molecule has 3 heterocycles. The molecule has 5 rings (SSSR count). The number of halogens is 1. The van der Waals surface area contributed by atoms with Gasteiger partial charge in [-0.25, -0.2) is 0 Å². The van der Waals surface area contributed by atoms with Gasteiger partial charge < -0.3 is 29.3 Å². The summed E-state index contributed by atoms with van der Waals surface area (Å²) in [7, 11) is 0. The van der Waals surface area contributed by atoms with Crippen LogP contribution in [0, 0.1) is 11.8 Å². The van der Waals surface area contributed by atoms with Crippen LogP contribution in [-0.2, 0) is 19.1 Å². The van der Waals surface area contributed by atoms with E-state index >= 15 is 0 Å². The lowest BCUT2D eigenvalue weighted by Gasteiger charge is -2.37. The molecule has 0 saturated carbocycles. The first-order valence-electron chi connectivity index (χ1n) is 16.2. The lowest BCUT2D eigenvalue weighted by atomic mass is 9.64. The molecule has 2 bridgehead atoms. The number of anilines is 2. The van der Waals surface area contributed by atoms with Crippen molar-refractivity contribution >= 4 is 40.7 Å². The van der Waals surface area contributed by atoms with Crippen LogP contribution in [0.15, 0.2) is 73.8 Å². The van der Waals surface area contributed by atoms with Gasteiger partial charge in [0.1, 0.15) is 17.4 Å². The zero-order chi connectivity index (χ0) is 33.1. The molecule has 2 aromatic rings. The fraction of sp³-hybridized carbons (Fsp3) is 0.472. The van der Waals surface area contributed by atoms with E-state index in [0.29, 0.717) is 60.9 Å². The molecule has 46 heavy (non-hydrogen) atoms. The normalized spacial score (nSPS) is 26.1. The summed E-state index contributed by atoms with van der Waals surface area (Å²) < 4.78 is 12.6.